The minimum Gasteiger partial charge on any atom is -0.424 e. The molecule has 0 bridgehead atoms. The molecule has 20 heavy (non-hydrogen) atoms. The van der Waals surface area contributed by atoms with Gasteiger partial charge in [0.05, 0.1) is 11.2 Å². The molecule has 0 N–H and O–H groups in total. The van der Waals surface area contributed by atoms with Crippen LogP contribution in [0.1, 0.15) is 18.9 Å². The van der Waals surface area contributed by atoms with E-state index in [2.05, 4.69) is 10.1 Å². The van der Waals surface area contributed by atoms with Crippen LogP contribution in [0.4, 0.5) is 0 Å². The second-order valence-corrected chi connectivity index (χ2v) is 4.66. The van der Waals surface area contributed by atoms with Gasteiger partial charge in [-0.1, -0.05) is 30.1 Å². The molecule has 0 radical (unpaired) electrons. The minimum atomic E-state index is -0.373. The predicted octanol–water partition coefficient (Wildman–Crippen LogP) is 3.49. The molecule has 0 saturated heterocycles. The quantitative estimate of drug-likeness (QED) is 0.640. The third-order valence-corrected chi connectivity index (χ3v) is 2.94. The first-order chi connectivity index (χ1) is 9.60. The minimum absolute atomic E-state index is 0.250. The third kappa shape index (κ3) is 3.59. The van der Waals surface area contributed by atoms with E-state index in [4.69, 9.17) is 27.9 Å². The molecule has 0 amide bonds. The number of carbonyl (C=O) groups is 1. The monoisotopic (exact) mass is 311 g/mol. The smallest absolute Gasteiger partial charge is 0.310 e. The molecule has 0 atom stereocenters. The van der Waals surface area contributed by atoms with Gasteiger partial charge in [-0.3, -0.25) is 4.79 Å². The lowest BCUT2D eigenvalue weighted by Crippen LogP contribution is -2.04. The Morgan fingerprint density at radius 3 is 2.85 bits per heavy atom. The lowest BCUT2D eigenvalue weighted by Gasteiger charge is -2.10. The topological polar surface area (TPSA) is 57.0 Å². The highest BCUT2D eigenvalue weighted by Crippen LogP contribution is 2.28. The van der Waals surface area contributed by atoms with Crippen molar-refractivity contribution in [3.63, 3.8) is 0 Å². The van der Waals surface area contributed by atoms with E-state index in [1.165, 1.54) is 23.5 Å². The summed E-state index contributed by atoms with van der Waals surface area (Å²) in [5, 5.41) is 4.81. The molecule has 0 aliphatic carbocycles. The fourth-order valence-corrected chi connectivity index (χ4v) is 1.94. The van der Waals surface area contributed by atoms with Gasteiger partial charge in [0, 0.05) is 17.0 Å². The Hall–Kier alpha value is -1.85. The van der Waals surface area contributed by atoms with Crippen molar-refractivity contribution >= 4 is 41.1 Å². The number of benzene rings is 1. The van der Waals surface area contributed by atoms with E-state index in [1.54, 1.807) is 25.1 Å². The highest BCUT2D eigenvalue weighted by Gasteiger charge is 2.13. The van der Waals surface area contributed by atoms with E-state index in [1.807, 2.05) is 0 Å². The Balaban J connectivity index is 2.43. The molecule has 1 heterocycles. The van der Waals surface area contributed by atoms with Crippen LogP contribution in [0.5, 0.6) is 0 Å². The second-order valence-electron chi connectivity index (χ2n) is 3.82. The van der Waals surface area contributed by atoms with Gasteiger partial charge in [-0.25, -0.2) is 9.67 Å². The molecule has 0 unspecified atom stereocenters. The van der Waals surface area contributed by atoms with Gasteiger partial charge in [-0.15, -0.1) is 0 Å². The van der Waals surface area contributed by atoms with Gasteiger partial charge in [0.1, 0.15) is 12.7 Å². The Morgan fingerprint density at radius 2 is 2.25 bits per heavy atom. The summed E-state index contributed by atoms with van der Waals surface area (Å²) in [7, 11) is 0. The van der Waals surface area contributed by atoms with Gasteiger partial charge >= 0.3 is 5.97 Å². The van der Waals surface area contributed by atoms with Crippen LogP contribution in [0.3, 0.4) is 0 Å². The van der Waals surface area contributed by atoms with Crippen LogP contribution in [0, 0.1) is 0 Å². The van der Waals surface area contributed by atoms with E-state index in [-0.39, 0.29) is 18.1 Å². The number of hydrogen-bond acceptors (Lipinski definition) is 4. The van der Waals surface area contributed by atoms with Crippen LogP contribution in [0.2, 0.25) is 10.0 Å². The summed E-state index contributed by atoms with van der Waals surface area (Å²) in [4.78, 5) is 15.3. The first-order valence-electron chi connectivity index (χ1n) is 5.82. The molecule has 0 fully saturated rings. The Bertz CT molecular complexity index is 639. The number of halogens is 2. The number of esters is 1. The van der Waals surface area contributed by atoms with Gasteiger partial charge < -0.3 is 4.74 Å². The average Bonchev–Trinajstić information content (AvgIpc) is 2.91. The lowest BCUT2D eigenvalue weighted by molar-refractivity contribution is -0.136. The standard InChI is InChI=1S/C13H11Cl2N3O2/c1-2-13(19)20-12(6-18-8-16-7-17-18)10-4-3-9(14)5-11(10)15/h3-8H,2H2,1H3/b12-6-. The predicted molar refractivity (Wildman–Crippen MR) is 77.0 cm³/mol. The molecular weight excluding hydrogens is 301 g/mol. The maximum absolute atomic E-state index is 11.5. The van der Waals surface area contributed by atoms with Gasteiger partial charge in [-0.05, 0) is 18.2 Å². The number of carbonyl (C=O) groups excluding carboxylic acids is 1. The summed E-state index contributed by atoms with van der Waals surface area (Å²) in [6, 6.07) is 4.92. The van der Waals surface area contributed by atoms with Crippen molar-refractivity contribution in [3.05, 3.63) is 46.5 Å². The summed E-state index contributed by atoms with van der Waals surface area (Å²) < 4.78 is 6.71. The first-order valence-corrected chi connectivity index (χ1v) is 6.57. The zero-order chi connectivity index (χ0) is 14.5. The third-order valence-electron chi connectivity index (χ3n) is 2.40. The van der Waals surface area contributed by atoms with E-state index in [9.17, 15) is 4.79 Å². The molecule has 7 heteroatoms. The molecular formula is C13H11Cl2N3O2. The van der Waals surface area contributed by atoms with Gasteiger partial charge in [0.15, 0.2) is 5.76 Å². The molecule has 0 spiro atoms. The molecule has 0 saturated carbocycles. The molecule has 0 aliphatic rings. The summed E-state index contributed by atoms with van der Waals surface area (Å²) >= 11 is 12.0. The first kappa shape index (κ1) is 14.6. The van der Waals surface area contributed by atoms with Crippen molar-refractivity contribution in [2.75, 3.05) is 0 Å². The van der Waals surface area contributed by atoms with Gasteiger partial charge in [-0.2, -0.15) is 5.10 Å². The van der Waals surface area contributed by atoms with Crippen molar-refractivity contribution in [2.45, 2.75) is 13.3 Å². The Labute approximate surface area is 125 Å². The number of nitrogens with zero attached hydrogens (tertiary/aromatic N) is 3. The highest BCUT2D eigenvalue weighted by molar-refractivity contribution is 6.35. The van der Waals surface area contributed by atoms with E-state index >= 15 is 0 Å². The SMILES string of the molecule is CCC(=O)O/C(=C\n1cncn1)c1ccc(Cl)cc1Cl. The van der Waals surface area contributed by atoms with Crippen LogP contribution in [0.25, 0.3) is 12.0 Å². The number of rotatable bonds is 4. The fourth-order valence-electron chi connectivity index (χ4n) is 1.44. The Morgan fingerprint density at radius 1 is 1.45 bits per heavy atom. The van der Waals surface area contributed by atoms with E-state index in [0.717, 1.165) is 0 Å². The van der Waals surface area contributed by atoms with Gasteiger partial charge in [0.2, 0.25) is 0 Å². The number of aromatic nitrogens is 3. The summed E-state index contributed by atoms with van der Waals surface area (Å²) in [6.07, 6.45) is 4.62. The van der Waals surface area contributed by atoms with Crippen LogP contribution in [-0.2, 0) is 9.53 Å². The molecule has 2 rings (SSSR count). The molecule has 0 aliphatic heterocycles. The van der Waals surface area contributed by atoms with Crippen molar-refractivity contribution in [2.24, 2.45) is 0 Å². The van der Waals surface area contributed by atoms with E-state index in [0.29, 0.717) is 15.6 Å². The van der Waals surface area contributed by atoms with Crippen LogP contribution < -0.4 is 0 Å². The van der Waals surface area contributed by atoms with Crippen molar-refractivity contribution < 1.29 is 9.53 Å². The van der Waals surface area contributed by atoms with Crippen molar-refractivity contribution in [3.8, 4) is 0 Å². The molecule has 1 aromatic carbocycles. The summed E-state index contributed by atoms with van der Waals surface area (Å²) in [6.45, 7) is 1.71. The van der Waals surface area contributed by atoms with Crippen molar-refractivity contribution in [1.82, 2.24) is 14.8 Å². The largest absolute Gasteiger partial charge is 0.424 e. The normalized spacial score (nSPS) is 11.4. The van der Waals surface area contributed by atoms with E-state index < -0.39 is 0 Å². The highest BCUT2D eigenvalue weighted by atomic mass is 35.5. The zero-order valence-corrected chi connectivity index (χ0v) is 12.1. The molecule has 104 valence electrons. The van der Waals surface area contributed by atoms with Crippen LogP contribution >= 0.6 is 23.2 Å². The molecule has 1 aromatic heterocycles. The van der Waals surface area contributed by atoms with Crippen LogP contribution in [0.15, 0.2) is 30.9 Å². The fraction of sp³-hybridized carbons (Fsp3) is 0.154. The summed E-state index contributed by atoms with van der Waals surface area (Å²) in [5.41, 5.74) is 0.549. The van der Waals surface area contributed by atoms with Crippen LogP contribution in [-0.4, -0.2) is 20.7 Å². The maximum atomic E-state index is 11.5. The molecule has 2 aromatic rings. The van der Waals surface area contributed by atoms with Crippen molar-refractivity contribution in [1.29, 1.82) is 0 Å². The molecule has 5 nitrogen and oxygen atoms in total. The second kappa shape index (κ2) is 6.54. The number of ether oxygens (including phenoxy) is 1. The average molecular weight is 312 g/mol. The number of hydrogen-bond donors (Lipinski definition) is 0. The maximum Gasteiger partial charge on any atom is 0.310 e. The summed E-state index contributed by atoms with van der Waals surface area (Å²) in [5.74, 6) is -0.0913. The lowest BCUT2D eigenvalue weighted by atomic mass is 10.2. The van der Waals surface area contributed by atoms with Gasteiger partial charge in [0.25, 0.3) is 0 Å². The zero-order valence-electron chi connectivity index (χ0n) is 10.6. The Kier molecular flexibility index (Phi) is 4.76.